The minimum Gasteiger partial charge on any atom is -0.486 e. The lowest BCUT2D eigenvalue weighted by Crippen LogP contribution is -2.17. The lowest BCUT2D eigenvalue weighted by molar-refractivity contribution is 0.168. The first-order valence-corrected chi connectivity index (χ1v) is 6.35. The fourth-order valence-corrected chi connectivity index (χ4v) is 2.00. The van der Waals surface area contributed by atoms with Gasteiger partial charge in [-0.2, -0.15) is 0 Å². The van der Waals surface area contributed by atoms with E-state index in [1.165, 1.54) is 6.07 Å². The molecule has 1 aromatic rings. The highest BCUT2D eigenvalue weighted by molar-refractivity contribution is 7.90. The van der Waals surface area contributed by atoms with Crippen molar-refractivity contribution in [3.63, 3.8) is 0 Å². The summed E-state index contributed by atoms with van der Waals surface area (Å²) in [5, 5.41) is 0.0178. The second-order valence-electron chi connectivity index (χ2n) is 3.34. The molecule has 0 amide bonds. The van der Waals surface area contributed by atoms with Crippen molar-refractivity contribution in [2.24, 2.45) is 0 Å². The number of fused-ring (bicyclic) bond motifs is 1. The predicted octanol–water partition coefficient (Wildman–Crippen LogP) is 0.565. The molecule has 2 rings (SSSR count). The van der Waals surface area contributed by atoms with Crippen LogP contribution in [0.3, 0.4) is 0 Å². The summed E-state index contributed by atoms with van der Waals surface area (Å²) in [7, 11) is -3.31. The first-order chi connectivity index (χ1) is 6.98. The lowest BCUT2D eigenvalue weighted by Gasteiger charge is -2.19. The molecule has 0 aromatic carbocycles. The van der Waals surface area contributed by atoms with Crippen LogP contribution >= 0.6 is 0 Å². The average molecular weight is 229 g/mol. The molecule has 0 saturated heterocycles. The molecule has 2 heterocycles. The van der Waals surface area contributed by atoms with Gasteiger partial charge in [0.15, 0.2) is 26.4 Å². The van der Waals surface area contributed by atoms with Crippen molar-refractivity contribution in [2.45, 2.75) is 11.9 Å². The van der Waals surface area contributed by atoms with Crippen LogP contribution in [0, 0.1) is 6.92 Å². The van der Waals surface area contributed by atoms with E-state index in [1.54, 1.807) is 6.92 Å². The van der Waals surface area contributed by atoms with Crippen LogP contribution < -0.4 is 9.47 Å². The van der Waals surface area contributed by atoms with Crippen molar-refractivity contribution in [1.29, 1.82) is 0 Å². The van der Waals surface area contributed by atoms with Crippen molar-refractivity contribution in [1.82, 2.24) is 4.98 Å². The Balaban J connectivity index is 2.60. The molecule has 0 unspecified atom stereocenters. The molecule has 1 aliphatic heterocycles. The quantitative estimate of drug-likeness (QED) is 0.704. The van der Waals surface area contributed by atoms with E-state index in [4.69, 9.17) is 9.47 Å². The van der Waals surface area contributed by atoms with Crippen LogP contribution in [0.5, 0.6) is 11.5 Å². The molecule has 5 nitrogen and oxygen atoms in total. The van der Waals surface area contributed by atoms with Gasteiger partial charge in [0, 0.05) is 12.3 Å². The molecule has 0 spiro atoms. The zero-order valence-corrected chi connectivity index (χ0v) is 9.30. The Morgan fingerprint density at radius 3 is 2.67 bits per heavy atom. The molecule has 6 heteroatoms. The molecule has 0 atom stereocenters. The molecule has 0 aliphatic carbocycles. The maximum absolute atomic E-state index is 11.3. The number of hydrogen-bond acceptors (Lipinski definition) is 5. The summed E-state index contributed by atoms with van der Waals surface area (Å²) in [5.74, 6) is 0.989. The molecule has 0 radical (unpaired) electrons. The minimum atomic E-state index is -3.31. The predicted molar refractivity (Wildman–Crippen MR) is 53.1 cm³/mol. The summed E-state index contributed by atoms with van der Waals surface area (Å²) in [6.07, 6.45) is 1.12. The van der Waals surface area contributed by atoms with Crippen molar-refractivity contribution in [3.05, 3.63) is 11.8 Å². The Kier molecular flexibility index (Phi) is 2.30. The van der Waals surface area contributed by atoms with E-state index in [2.05, 4.69) is 4.98 Å². The second-order valence-corrected chi connectivity index (χ2v) is 5.30. The third-order valence-electron chi connectivity index (χ3n) is 2.05. The first-order valence-electron chi connectivity index (χ1n) is 4.46. The van der Waals surface area contributed by atoms with Gasteiger partial charge in [0.1, 0.15) is 13.2 Å². The summed E-state index contributed by atoms with van der Waals surface area (Å²) in [6, 6.07) is 1.40. The van der Waals surface area contributed by atoms with E-state index in [0.29, 0.717) is 30.4 Å². The highest BCUT2D eigenvalue weighted by atomic mass is 32.2. The lowest BCUT2D eigenvalue weighted by atomic mass is 10.3. The van der Waals surface area contributed by atoms with E-state index >= 15 is 0 Å². The van der Waals surface area contributed by atoms with Crippen LogP contribution in [-0.2, 0) is 9.84 Å². The second kappa shape index (κ2) is 3.37. The number of sulfone groups is 1. The maximum Gasteiger partial charge on any atom is 0.192 e. The molecule has 0 saturated carbocycles. The van der Waals surface area contributed by atoms with Crippen LogP contribution in [0.4, 0.5) is 0 Å². The summed E-state index contributed by atoms with van der Waals surface area (Å²) < 4.78 is 33.3. The van der Waals surface area contributed by atoms with Crippen LogP contribution in [-0.4, -0.2) is 32.9 Å². The van der Waals surface area contributed by atoms with E-state index in [9.17, 15) is 8.42 Å². The topological polar surface area (TPSA) is 65.5 Å². The largest absolute Gasteiger partial charge is 0.486 e. The normalized spacial score (nSPS) is 15.1. The molecule has 1 aromatic heterocycles. The van der Waals surface area contributed by atoms with Crippen LogP contribution in [0.1, 0.15) is 5.69 Å². The monoisotopic (exact) mass is 229 g/mol. The summed E-state index contributed by atoms with van der Waals surface area (Å²) in [6.45, 7) is 2.59. The number of aryl methyl sites for hydroxylation is 1. The van der Waals surface area contributed by atoms with Crippen molar-refractivity contribution < 1.29 is 17.9 Å². The van der Waals surface area contributed by atoms with E-state index in [-0.39, 0.29) is 5.03 Å². The SMILES string of the molecule is Cc1nc(S(C)(=O)=O)cc2c1OCCO2. The number of pyridine rings is 1. The van der Waals surface area contributed by atoms with Crippen LogP contribution in [0.25, 0.3) is 0 Å². The Labute approximate surface area is 88.0 Å². The Morgan fingerprint density at radius 1 is 1.33 bits per heavy atom. The van der Waals surface area contributed by atoms with Gasteiger partial charge in [-0.1, -0.05) is 0 Å². The van der Waals surface area contributed by atoms with Crippen LogP contribution in [0.2, 0.25) is 0 Å². The minimum absolute atomic E-state index is 0.0178. The standard InChI is InChI=1S/C9H11NO4S/c1-6-9-7(13-3-4-14-9)5-8(10-6)15(2,11)12/h5H,3-4H2,1-2H3. The first kappa shape index (κ1) is 10.2. The molecule has 82 valence electrons. The number of hydrogen-bond donors (Lipinski definition) is 0. The third kappa shape index (κ3) is 1.90. The van der Waals surface area contributed by atoms with Gasteiger partial charge in [-0.3, -0.25) is 0 Å². The molecule has 0 bridgehead atoms. The van der Waals surface area contributed by atoms with Gasteiger partial charge in [-0.15, -0.1) is 0 Å². The highest BCUT2D eigenvalue weighted by Gasteiger charge is 2.20. The van der Waals surface area contributed by atoms with Gasteiger partial charge >= 0.3 is 0 Å². The molecule has 0 N–H and O–H groups in total. The molecule has 0 fully saturated rings. The van der Waals surface area contributed by atoms with E-state index in [1.807, 2.05) is 0 Å². The molecule has 15 heavy (non-hydrogen) atoms. The smallest absolute Gasteiger partial charge is 0.192 e. The van der Waals surface area contributed by atoms with Gasteiger partial charge in [0.05, 0.1) is 5.69 Å². The fourth-order valence-electron chi connectivity index (χ4n) is 1.37. The average Bonchev–Trinajstić information content (AvgIpc) is 2.16. The van der Waals surface area contributed by atoms with Gasteiger partial charge in [0.2, 0.25) is 0 Å². The summed E-state index contributed by atoms with van der Waals surface area (Å²) in [5.41, 5.74) is 0.535. The number of aromatic nitrogens is 1. The zero-order chi connectivity index (χ0) is 11.1. The van der Waals surface area contributed by atoms with Gasteiger partial charge in [0.25, 0.3) is 0 Å². The Hall–Kier alpha value is -1.30. The van der Waals surface area contributed by atoms with Gasteiger partial charge in [-0.25, -0.2) is 13.4 Å². The molecular weight excluding hydrogens is 218 g/mol. The van der Waals surface area contributed by atoms with Crippen molar-refractivity contribution in [3.8, 4) is 11.5 Å². The van der Waals surface area contributed by atoms with Crippen molar-refractivity contribution >= 4 is 9.84 Å². The van der Waals surface area contributed by atoms with Crippen molar-refractivity contribution in [2.75, 3.05) is 19.5 Å². The van der Waals surface area contributed by atoms with E-state index in [0.717, 1.165) is 6.26 Å². The van der Waals surface area contributed by atoms with Gasteiger partial charge < -0.3 is 9.47 Å². The number of nitrogens with zero attached hydrogens (tertiary/aromatic N) is 1. The number of rotatable bonds is 1. The Bertz CT molecular complexity index is 495. The van der Waals surface area contributed by atoms with Crippen LogP contribution in [0.15, 0.2) is 11.1 Å². The molecular formula is C9H11NO4S. The van der Waals surface area contributed by atoms with Gasteiger partial charge in [-0.05, 0) is 6.92 Å². The Morgan fingerprint density at radius 2 is 2.00 bits per heavy atom. The maximum atomic E-state index is 11.3. The summed E-state index contributed by atoms with van der Waals surface area (Å²) >= 11 is 0. The highest BCUT2D eigenvalue weighted by Crippen LogP contribution is 2.33. The number of ether oxygens (including phenoxy) is 2. The fraction of sp³-hybridized carbons (Fsp3) is 0.444. The van der Waals surface area contributed by atoms with E-state index < -0.39 is 9.84 Å². The third-order valence-corrected chi connectivity index (χ3v) is 3.02. The summed E-state index contributed by atoms with van der Waals surface area (Å²) in [4.78, 5) is 3.96. The zero-order valence-electron chi connectivity index (χ0n) is 8.48. The molecule has 1 aliphatic rings.